The van der Waals surface area contributed by atoms with Gasteiger partial charge in [0.2, 0.25) is 16.8 Å². The number of aromatic nitrogens is 1. The van der Waals surface area contributed by atoms with E-state index in [1.54, 1.807) is 12.1 Å². The van der Waals surface area contributed by atoms with Gasteiger partial charge < -0.3 is 9.47 Å². The van der Waals surface area contributed by atoms with Crippen molar-refractivity contribution in [3.63, 3.8) is 0 Å². The number of hydrogen-bond acceptors (Lipinski definition) is 5. The Morgan fingerprint density at radius 2 is 1.71 bits per heavy atom. The number of fused-ring (bicyclic) bond motifs is 2. The molecule has 0 fully saturated rings. The third kappa shape index (κ3) is 2.47. The number of aryl methyl sites for hydroxylation is 1. The molecule has 1 aliphatic rings. The van der Waals surface area contributed by atoms with Gasteiger partial charge in [0.1, 0.15) is 0 Å². The van der Waals surface area contributed by atoms with Crippen LogP contribution in [0.15, 0.2) is 47.4 Å². The molecule has 0 atom stereocenters. The summed E-state index contributed by atoms with van der Waals surface area (Å²) in [4.78, 5) is 4.74. The molecule has 0 amide bonds. The van der Waals surface area contributed by atoms with Crippen molar-refractivity contribution < 1.29 is 17.9 Å². The Labute approximate surface area is 138 Å². The predicted molar refractivity (Wildman–Crippen MR) is 89.4 cm³/mol. The van der Waals surface area contributed by atoms with Crippen LogP contribution in [-0.2, 0) is 10.0 Å². The van der Waals surface area contributed by atoms with E-state index in [9.17, 15) is 8.42 Å². The number of ether oxygens (including phenoxy) is 2. The Kier molecular flexibility index (Phi) is 3.22. The highest BCUT2D eigenvalue weighted by molar-refractivity contribution is 7.89. The summed E-state index contributed by atoms with van der Waals surface area (Å²) >= 11 is 0. The minimum atomic E-state index is -3.70. The van der Waals surface area contributed by atoms with E-state index < -0.39 is 10.0 Å². The Bertz CT molecular complexity index is 1060. The summed E-state index contributed by atoms with van der Waals surface area (Å²) in [6, 6.07) is 12.1. The van der Waals surface area contributed by atoms with E-state index in [4.69, 9.17) is 14.6 Å². The maximum Gasteiger partial charge on any atom is 0.238 e. The summed E-state index contributed by atoms with van der Waals surface area (Å²) < 4.78 is 33.5. The molecule has 0 radical (unpaired) electrons. The van der Waals surface area contributed by atoms with Gasteiger partial charge in [0.05, 0.1) is 16.1 Å². The van der Waals surface area contributed by atoms with Crippen LogP contribution in [0.4, 0.5) is 0 Å². The van der Waals surface area contributed by atoms with Crippen LogP contribution >= 0.6 is 0 Å². The molecule has 0 spiro atoms. The Hall–Kier alpha value is -2.64. The first-order valence-electron chi connectivity index (χ1n) is 7.26. The molecular formula is C17H14N2O4S. The normalized spacial score (nSPS) is 13.4. The van der Waals surface area contributed by atoms with Gasteiger partial charge in [0, 0.05) is 17.0 Å². The fourth-order valence-corrected chi connectivity index (χ4v) is 3.26. The lowest BCUT2D eigenvalue weighted by atomic mass is 10.0. The average molecular weight is 342 g/mol. The minimum absolute atomic E-state index is 0.0760. The van der Waals surface area contributed by atoms with Gasteiger partial charge in [-0.05, 0) is 36.8 Å². The molecule has 24 heavy (non-hydrogen) atoms. The van der Waals surface area contributed by atoms with Crippen LogP contribution in [0, 0.1) is 6.92 Å². The lowest BCUT2D eigenvalue weighted by Gasteiger charge is -2.08. The van der Waals surface area contributed by atoms with E-state index in [1.807, 2.05) is 25.1 Å². The quantitative estimate of drug-likeness (QED) is 0.773. The van der Waals surface area contributed by atoms with E-state index in [1.165, 1.54) is 12.1 Å². The summed E-state index contributed by atoms with van der Waals surface area (Å²) in [6.07, 6.45) is 0. The van der Waals surface area contributed by atoms with Crippen molar-refractivity contribution in [1.82, 2.24) is 4.98 Å². The fraction of sp³-hybridized carbons (Fsp3) is 0.118. The van der Waals surface area contributed by atoms with Crippen molar-refractivity contribution in [3.05, 3.63) is 48.0 Å². The molecule has 0 bridgehead atoms. The highest BCUT2D eigenvalue weighted by Crippen LogP contribution is 2.37. The zero-order valence-corrected chi connectivity index (χ0v) is 13.6. The van der Waals surface area contributed by atoms with Crippen LogP contribution in [0.5, 0.6) is 11.5 Å². The molecule has 0 aliphatic carbocycles. The molecule has 4 rings (SSSR count). The monoisotopic (exact) mass is 342 g/mol. The second-order valence-electron chi connectivity index (χ2n) is 5.62. The number of pyridine rings is 1. The Morgan fingerprint density at radius 3 is 2.38 bits per heavy atom. The zero-order chi connectivity index (χ0) is 16.9. The molecule has 0 saturated heterocycles. The molecule has 0 saturated carbocycles. The number of hydrogen-bond donors (Lipinski definition) is 1. The summed E-state index contributed by atoms with van der Waals surface area (Å²) in [7, 11) is -3.70. The molecule has 2 aromatic carbocycles. The largest absolute Gasteiger partial charge is 0.454 e. The third-order valence-electron chi connectivity index (χ3n) is 3.99. The van der Waals surface area contributed by atoms with Gasteiger partial charge in [-0.25, -0.2) is 18.5 Å². The van der Waals surface area contributed by atoms with Crippen molar-refractivity contribution in [2.24, 2.45) is 5.14 Å². The number of rotatable bonds is 2. The van der Waals surface area contributed by atoms with Crippen molar-refractivity contribution in [2.75, 3.05) is 6.79 Å². The topological polar surface area (TPSA) is 91.5 Å². The van der Waals surface area contributed by atoms with Gasteiger partial charge in [0.15, 0.2) is 11.5 Å². The maximum atomic E-state index is 11.4. The summed E-state index contributed by atoms with van der Waals surface area (Å²) in [5.41, 5.74) is 3.40. The van der Waals surface area contributed by atoms with Crippen LogP contribution in [0.2, 0.25) is 0 Å². The fourth-order valence-electron chi connectivity index (χ4n) is 2.75. The van der Waals surface area contributed by atoms with E-state index in [0.717, 1.165) is 33.5 Å². The molecule has 2 N–H and O–H groups in total. The van der Waals surface area contributed by atoms with E-state index in [2.05, 4.69) is 4.98 Å². The van der Waals surface area contributed by atoms with Crippen LogP contribution in [-0.4, -0.2) is 20.2 Å². The van der Waals surface area contributed by atoms with Crippen LogP contribution in [0.3, 0.4) is 0 Å². The third-order valence-corrected chi connectivity index (χ3v) is 4.92. The second kappa shape index (κ2) is 5.19. The van der Waals surface area contributed by atoms with Crippen molar-refractivity contribution >= 4 is 20.9 Å². The van der Waals surface area contributed by atoms with Gasteiger partial charge >= 0.3 is 0 Å². The van der Waals surface area contributed by atoms with Gasteiger partial charge in [-0.3, -0.25) is 0 Å². The molecule has 7 heteroatoms. The van der Waals surface area contributed by atoms with Gasteiger partial charge in [-0.1, -0.05) is 12.1 Å². The highest BCUT2D eigenvalue weighted by Gasteiger charge is 2.16. The molecule has 122 valence electrons. The predicted octanol–water partition coefficient (Wildman–Crippen LogP) is 2.59. The first-order valence-corrected chi connectivity index (χ1v) is 8.81. The van der Waals surface area contributed by atoms with Crippen molar-refractivity contribution in [1.29, 1.82) is 0 Å². The first kappa shape index (κ1) is 14.9. The molecule has 6 nitrogen and oxygen atoms in total. The molecule has 0 unspecified atom stereocenters. The second-order valence-corrected chi connectivity index (χ2v) is 7.18. The standard InChI is InChI=1S/C17H14N2O4S/c1-10-6-14(11-2-4-12(5-3-11)24(18,20)21)19-15-8-17-16(7-13(10)15)22-9-23-17/h2-8H,9H2,1H3,(H2,18,20,21). The van der Waals surface area contributed by atoms with Crippen LogP contribution in [0.1, 0.15) is 5.56 Å². The SMILES string of the molecule is Cc1cc(-c2ccc(S(N)(=O)=O)cc2)nc2cc3c(cc12)OCO3. The highest BCUT2D eigenvalue weighted by atomic mass is 32.2. The number of primary sulfonamides is 1. The minimum Gasteiger partial charge on any atom is -0.454 e. The number of benzene rings is 2. The molecule has 2 heterocycles. The molecule has 3 aromatic rings. The average Bonchev–Trinajstić information content (AvgIpc) is 3.00. The molecule has 1 aromatic heterocycles. The zero-order valence-electron chi connectivity index (χ0n) is 12.8. The summed E-state index contributed by atoms with van der Waals surface area (Å²) in [6.45, 7) is 2.21. The van der Waals surface area contributed by atoms with Crippen LogP contribution in [0.25, 0.3) is 22.2 Å². The van der Waals surface area contributed by atoms with E-state index in [0.29, 0.717) is 5.75 Å². The molecular weight excluding hydrogens is 328 g/mol. The van der Waals surface area contributed by atoms with E-state index >= 15 is 0 Å². The smallest absolute Gasteiger partial charge is 0.238 e. The van der Waals surface area contributed by atoms with Gasteiger partial charge in [0.25, 0.3) is 0 Å². The van der Waals surface area contributed by atoms with Crippen molar-refractivity contribution in [3.8, 4) is 22.8 Å². The summed E-state index contributed by atoms with van der Waals surface area (Å²) in [5, 5.41) is 6.12. The Morgan fingerprint density at radius 1 is 1.04 bits per heavy atom. The van der Waals surface area contributed by atoms with Gasteiger partial charge in [-0.2, -0.15) is 0 Å². The lowest BCUT2D eigenvalue weighted by Crippen LogP contribution is -2.11. The molecule has 1 aliphatic heterocycles. The number of sulfonamides is 1. The summed E-state index contributed by atoms with van der Waals surface area (Å²) in [5.74, 6) is 1.40. The Balaban J connectivity index is 1.84. The maximum absolute atomic E-state index is 11.4. The lowest BCUT2D eigenvalue weighted by molar-refractivity contribution is 0.174. The van der Waals surface area contributed by atoms with E-state index in [-0.39, 0.29) is 11.7 Å². The number of nitrogens with zero attached hydrogens (tertiary/aromatic N) is 1. The van der Waals surface area contributed by atoms with Crippen LogP contribution < -0.4 is 14.6 Å². The number of nitrogens with two attached hydrogens (primary N) is 1. The van der Waals surface area contributed by atoms with Crippen molar-refractivity contribution in [2.45, 2.75) is 11.8 Å². The first-order chi connectivity index (χ1) is 11.4. The van der Waals surface area contributed by atoms with Gasteiger partial charge in [-0.15, -0.1) is 0 Å².